The monoisotopic (exact) mass is 301 g/mol. The first-order valence-corrected chi connectivity index (χ1v) is 7.36. The first-order valence-electron chi connectivity index (χ1n) is 6.98. The number of rotatable bonds is 3. The Labute approximate surface area is 128 Å². The van der Waals surface area contributed by atoms with Gasteiger partial charge in [-0.2, -0.15) is 0 Å². The molecule has 0 bridgehead atoms. The third kappa shape index (κ3) is 3.19. The number of anilines is 1. The maximum absolute atomic E-state index is 12.3. The van der Waals surface area contributed by atoms with Gasteiger partial charge in [0.1, 0.15) is 6.61 Å². The van der Waals surface area contributed by atoms with Gasteiger partial charge in [0.25, 0.3) is 0 Å². The molecule has 1 atom stereocenters. The molecular weight excluding hydrogens is 286 g/mol. The van der Waals surface area contributed by atoms with Gasteiger partial charge in [-0.25, -0.2) is 0 Å². The van der Waals surface area contributed by atoms with Crippen LogP contribution in [0.15, 0.2) is 48.5 Å². The molecule has 3 rings (SSSR count). The topological polar surface area (TPSA) is 38.3 Å². The normalized spacial score (nSPS) is 16.7. The van der Waals surface area contributed by atoms with Crippen LogP contribution in [0, 0.1) is 0 Å². The number of nitrogens with one attached hydrogen (secondary N) is 1. The minimum Gasteiger partial charge on any atom is -0.460 e. The van der Waals surface area contributed by atoms with Crippen LogP contribution < -0.4 is 5.32 Å². The molecule has 0 saturated carbocycles. The first-order chi connectivity index (χ1) is 10.2. The Kier molecular flexibility index (Phi) is 4.11. The molecule has 1 aliphatic rings. The summed E-state index contributed by atoms with van der Waals surface area (Å²) < 4.78 is 5.45. The second-order valence-electron chi connectivity index (χ2n) is 5.09. The fraction of sp³-hybridized carbons (Fsp3) is 0.235. The molecule has 0 aliphatic carbocycles. The number of benzene rings is 2. The molecule has 4 heteroatoms. The van der Waals surface area contributed by atoms with E-state index in [1.54, 1.807) is 6.07 Å². The zero-order valence-corrected chi connectivity index (χ0v) is 12.3. The third-order valence-electron chi connectivity index (χ3n) is 3.64. The first kappa shape index (κ1) is 14.0. The number of halogens is 1. The zero-order chi connectivity index (χ0) is 14.7. The molecule has 108 valence electrons. The molecule has 1 unspecified atom stereocenters. The van der Waals surface area contributed by atoms with Crippen molar-refractivity contribution < 1.29 is 9.53 Å². The molecule has 0 radical (unpaired) electrons. The van der Waals surface area contributed by atoms with Crippen LogP contribution in [0.3, 0.4) is 0 Å². The van der Waals surface area contributed by atoms with Crippen LogP contribution in [0.25, 0.3) is 0 Å². The van der Waals surface area contributed by atoms with Crippen molar-refractivity contribution in [1.29, 1.82) is 0 Å². The van der Waals surface area contributed by atoms with Crippen molar-refractivity contribution in [3.63, 3.8) is 0 Å². The summed E-state index contributed by atoms with van der Waals surface area (Å²) in [6.07, 6.45) is 0.755. The Morgan fingerprint density at radius 1 is 1.24 bits per heavy atom. The van der Waals surface area contributed by atoms with Crippen LogP contribution in [0.5, 0.6) is 0 Å². The lowest BCUT2D eigenvalue weighted by molar-refractivity contribution is -0.147. The van der Waals surface area contributed by atoms with Gasteiger partial charge in [-0.15, -0.1) is 0 Å². The highest BCUT2D eigenvalue weighted by molar-refractivity contribution is 6.30. The Morgan fingerprint density at radius 2 is 2.10 bits per heavy atom. The smallest absolute Gasteiger partial charge is 0.313 e. The highest BCUT2D eigenvalue weighted by atomic mass is 35.5. The Hall–Kier alpha value is -2.00. The van der Waals surface area contributed by atoms with Crippen molar-refractivity contribution in [2.45, 2.75) is 18.9 Å². The molecule has 1 N–H and O–H groups in total. The quantitative estimate of drug-likeness (QED) is 0.871. The van der Waals surface area contributed by atoms with E-state index in [0.29, 0.717) is 5.02 Å². The fourth-order valence-corrected chi connectivity index (χ4v) is 2.81. The van der Waals surface area contributed by atoms with Crippen LogP contribution in [0.1, 0.15) is 23.5 Å². The second kappa shape index (κ2) is 6.19. The molecule has 1 heterocycles. The number of hydrogen-bond acceptors (Lipinski definition) is 3. The van der Waals surface area contributed by atoms with E-state index in [0.717, 1.165) is 29.8 Å². The third-order valence-corrected chi connectivity index (χ3v) is 3.87. The Morgan fingerprint density at radius 3 is 2.95 bits per heavy atom. The molecule has 2 aromatic rings. The van der Waals surface area contributed by atoms with Crippen LogP contribution in [0.2, 0.25) is 5.02 Å². The molecule has 3 nitrogen and oxygen atoms in total. The van der Waals surface area contributed by atoms with Gasteiger partial charge < -0.3 is 10.1 Å². The number of ether oxygens (including phenoxy) is 1. The van der Waals surface area contributed by atoms with Crippen LogP contribution >= 0.6 is 11.6 Å². The average molecular weight is 302 g/mol. The molecule has 0 spiro atoms. The molecule has 0 amide bonds. The molecule has 21 heavy (non-hydrogen) atoms. The summed E-state index contributed by atoms with van der Waals surface area (Å²) in [5.41, 5.74) is 2.94. The van der Waals surface area contributed by atoms with E-state index < -0.39 is 0 Å². The average Bonchev–Trinajstić information content (AvgIpc) is 2.52. The predicted molar refractivity (Wildman–Crippen MR) is 83.5 cm³/mol. The lowest BCUT2D eigenvalue weighted by atomic mass is 9.91. The van der Waals surface area contributed by atoms with Gasteiger partial charge in [-0.1, -0.05) is 41.9 Å². The fourth-order valence-electron chi connectivity index (χ4n) is 2.60. The van der Waals surface area contributed by atoms with E-state index in [-0.39, 0.29) is 18.5 Å². The summed E-state index contributed by atoms with van der Waals surface area (Å²) in [6.45, 7) is 1.04. The van der Waals surface area contributed by atoms with Gasteiger partial charge in [0.05, 0.1) is 5.92 Å². The van der Waals surface area contributed by atoms with E-state index in [9.17, 15) is 4.79 Å². The molecule has 1 aliphatic heterocycles. The number of esters is 1. The van der Waals surface area contributed by atoms with Gasteiger partial charge in [0, 0.05) is 17.3 Å². The van der Waals surface area contributed by atoms with Crippen molar-refractivity contribution in [3.8, 4) is 0 Å². The molecule has 2 aromatic carbocycles. The van der Waals surface area contributed by atoms with E-state index in [2.05, 4.69) is 5.32 Å². The number of carbonyl (C=O) groups excluding carboxylic acids is 1. The van der Waals surface area contributed by atoms with E-state index in [4.69, 9.17) is 16.3 Å². The largest absolute Gasteiger partial charge is 0.460 e. The number of carbonyl (C=O) groups is 1. The van der Waals surface area contributed by atoms with Crippen molar-refractivity contribution in [1.82, 2.24) is 0 Å². The SMILES string of the molecule is O=C(OCc1cccc(Cl)c1)C1CCNc2ccccc21. The van der Waals surface area contributed by atoms with Gasteiger partial charge in [0.15, 0.2) is 0 Å². The number of fused-ring (bicyclic) bond motifs is 1. The maximum Gasteiger partial charge on any atom is 0.313 e. The molecule has 0 saturated heterocycles. The summed E-state index contributed by atoms with van der Waals surface area (Å²) in [6, 6.07) is 15.2. The maximum atomic E-state index is 12.3. The lowest BCUT2D eigenvalue weighted by Crippen LogP contribution is -2.24. The second-order valence-corrected chi connectivity index (χ2v) is 5.53. The standard InChI is InChI=1S/C17H16ClNO2/c18-13-5-3-4-12(10-13)11-21-17(20)15-8-9-19-16-7-2-1-6-14(15)16/h1-7,10,15,19H,8-9,11H2. The summed E-state index contributed by atoms with van der Waals surface area (Å²) in [5, 5.41) is 3.95. The van der Waals surface area contributed by atoms with E-state index in [1.807, 2.05) is 42.5 Å². The highest BCUT2D eigenvalue weighted by Crippen LogP contribution is 2.32. The van der Waals surface area contributed by atoms with Gasteiger partial charge in [0.2, 0.25) is 0 Å². The Balaban J connectivity index is 1.69. The Bertz CT molecular complexity index is 657. The summed E-state index contributed by atoms with van der Waals surface area (Å²) in [5.74, 6) is -0.370. The lowest BCUT2D eigenvalue weighted by Gasteiger charge is -2.25. The van der Waals surface area contributed by atoms with Crippen molar-refractivity contribution in [3.05, 3.63) is 64.7 Å². The van der Waals surface area contributed by atoms with Gasteiger partial charge in [-0.05, 0) is 35.7 Å². The number of hydrogen-bond donors (Lipinski definition) is 1. The van der Waals surface area contributed by atoms with Gasteiger partial charge >= 0.3 is 5.97 Å². The molecule has 0 fully saturated rings. The van der Waals surface area contributed by atoms with Crippen molar-refractivity contribution >= 4 is 23.3 Å². The van der Waals surface area contributed by atoms with Crippen molar-refractivity contribution in [2.75, 3.05) is 11.9 Å². The van der Waals surface area contributed by atoms with E-state index in [1.165, 1.54) is 0 Å². The predicted octanol–water partition coefficient (Wildman–Crippen LogP) is 3.98. The summed E-state index contributed by atoms with van der Waals surface area (Å²) >= 11 is 5.93. The molecule has 0 aromatic heterocycles. The van der Waals surface area contributed by atoms with Gasteiger partial charge in [-0.3, -0.25) is 4.79 Å². The van der Waals surface area contributed by atoms with Crippen molar-refractivity contribution in [2.24, 2.45) is 0 Å². The summed E-state index contributed by atoms with van der Waals surface area (Å²) in [4.78, 5) is 12.3. The van der Waals surface area contributed by atoms with Crippen LogP contribution in [-0.4, -0.2) is 12.5 Å². The van der Waals surface area contributed by atoms with Crippen LogP contribution in [0.4, 0.5) is 5.69 Å². The molecular formula is C17H16ClNO2. The number of para-hydroxylation sites is 1. The highest BCUT2D eigenvalue weighted by Gasteiger charge is 2.27. The summed E-state index contributed by atoms with van der Waals surface area (Å²) in [7, 11) is 0. The minimum atomic E-state index is -0.193. The van der Waals surface area contributed by atoms with Crippen LogP contribution in [-0.2, 0) is 16.1 Å². The minimum absolute atomic E-state index is 0.177. The zero-order valence-electron chi connectivity index (χ0n) is 11.5. The van der Waals surface area contributed by atoms with E-state index >= 15 is 0 Å².